The summed E-state index contributed by atoms with van der Waals surface area (Å²) in [6.45, 7) is 0.490. The summed E-state index contributed by atoms with van der Waals surface area (Å²) in [5.74, 6) is 0.666. The van der Waals surface area contributed by atoms with Crippen molar-refractivity contribution in [1.29, 1.82) is 0 Å². The highest BCUT2D eigenvalue weighted by Crippen LogP contribution is 2.14. The minimum Gasteiger partial charge on any atom is -0.489 e. The van der Waals surface area contributed by atoms with Gasteiger partial charge >= 0.3 is 0 Å². The van der Waals surface area contributed by atoms with E-state index in [1.165, 1.54) is 17.4 Å². The van der Waals surface area contributed by atoms with Crippen LogP contribution in [0.15, 0.2) is 72.4 Å². The number of ether oxygens (including phenoxy) is 1. The van der Waals surface area contributed by atoms with E-state index >= 15 is 0 Å². The summed E-state index contributed by atoms with van der Waals surface area (Å²) in [6.07, 6.45) is 4.96. The number of hydrogen-bond donors (Lipinski definition) is 1. The number of aromatic nitrogens is 1. The van der Waals surface area contributed by atoms with Crippen molar-refractivity contribution in [3.8, 4) is 5.75 Å². The molecule has 0 saturated heterocycles. The van der Waals surface area contributed by atoms with Crippen molar-refractivity contribution in [3.05, 3.63) is 82.8 Å². The Morgan fingerprint density at radius 2 is 1.92 bits per heavy atom. The van der Waals surface area contributed by atoms with E-state index in [4.69, 9.17) is 4.74 Å². The van der Waals surface area contributed by atoms with E-state index in [0.29, 0.717) is 6.61 Å². The fourth-order valence-corrected chi connectivity index (χ4v) is 2.53. The predicted molar refractivity (Wildman–Crippen MR) is 97.0 cm³/mol. The van der Waals surface area contributed by atoms with E-state index < -0.39 is 0 Å². The van der Waals surface area contributed by atoms with Gasteiger partial charge in [-0.1, -0.05) is 30.3 Å². The third kappa shape index (κ3) is 4.79. The molecule has 0 aliphatic rings. The first-order chi connectivity index (χ1) is 11.8. The number of nitrogens with one attached hydrogen (secondary N) is 1. The van der Waals surface area contributed by atoms with Crippen LogP contribution in [0.1, 0.15) is 10.4 Å². The van der Waals surface area contributed by atoms with Crippen LogP contribution in [-0.4, -0.2) is 10.9 Å². The molecule has 1 N–H and O–H groups in total. The number of hydrogen-bond acceptors (Lipinski definition) is 4. The lowest BCUT2D eigenvalue weighted by molar-refractivity contribution is -0.111. The first-order valence-electron chi connectivity index (χ1n) is 7.44. The van der Waals surface area contributed by atoms with Crippen LogP contribution in [0.3, 0.4) is 0 Å². The fraction of sp³-hybridized carbons (Fsp3) is 0.0526. The van der Waals surface area contributed by atoms with Crippen LogP contribution in [0.5, 0.6) is 5.75 Å². The third-order valence-electron chi connectivity index (χ3n) is 3.22. The summed E-state index contributed by atoms with van der Waals surface area (Å²) < 4.78 is 5.69. The smallest absolute Gasteiger partial charge is 0.248 e. The molecule has 0 atom stereocenters. The van der Waals surface area contributed by atoms with Crippen molar-refractivity contribution in [3.63, 3.8) is 0 Å². The highest BCUT2D eigenvalue weighted by atomic mass is 32.1. The quantitative estimate of drug-likeness (QED) is 0.680. The van der Waals surface area contributed by atoms with Crippen molar-refractivity contribution in [2.24, 2.45) is 0 Å². The Labute approximate surface area is 144 Å². The molecule has 0 unspecified atom stereocenters. The number of benzene rings is 2. The lowest BCUT2D eigenvalue weighted by atomic mass is 10.2. The number of para-hydroxylation sites is 1. The number of anilines is 1. The van der Waals surface area contributed by atoms with Gasteiger partial charge in [0.15, 0.2) is 0 Å². The average molecular weight is 336 g/mol. The van der Waals surface area contributed by atoms with Gasteiger partial charge < -0.3 is 10.1 Å². The molecule has 0 saturated carbocycles. The number of carbonyl (C=O) groups is 1. The Balaban J connectivity index is 1.51. The molecule has 0 fully saturated rings. The van der Waals surface area contributed by atoms with E-state index in [1.54, 1.807) is 17.8 Å². The largest absolute Gasteiger partial charge is 0.489 e. The molecule has 1 heterocycles. The molecule has 5 heteroatoms. The SMILES string of the molecule is O=C(/C=C/c1cncs1)Nc1ccc(COc2ccccc2)cc1. The summed E-state index contributed by atoms with van der Waals surface area (Å²) in [5.41, 5.74) is 3.52. The molecule has 0 bridgehead atoms. The second-order valence-electron chi connectivity index (χ2n) is 5.03. The van der Waals surface area contributed by atoms with Gasteiger partial charge in [-0.15, -0.1) is 11.3 Å². The summed E-state index contributed by atoms with van der Waals surface area (Å²) >= 11 is 1.48. The molecule has 3 aromatic rings. The first kappa shape index (κ1) is 16.0. The zero-order chi connectivity index (χ0) is 16.6. The van der Waals surface area contributed by atoms with Crippen LogP contribution >= 0.6 is 11.3 Å². The van der Waals surface area contributed by atoms with E-state index in [9.17, 15) is 4.79 Å². The normalized spacial score (nSPS) is 10.7. The summed E-state index contributed by atoms with van der Waals surface area (Å²) in [6, 6.07) is 17.3. The number of thiazole rings is 1. The fourth-order valence-electron chi connectivity index (χ4n) is 2.02. The van der Waals surface area contributed by atoms with Gasteiger partial charge in [0.2, 0.25) is 5.91 Å². The monoisotopic (exact) mass is 336 g/mol. The maximum atomic E-state index is 11.9. The second-order valence-corrected chi connectivity index (χ2v) is 5.94. The van der Waals surface area contributed by atoms with Crippen LogP contribution in [0.25, 0.3) is 6.08 Å². The van der Waals surface area contributed by atoms with Crippen LogP contribution in [0.2, 0.25) is 0 Å². The van der Waals surface area contributed by atoms with Gasteiger partial charge in [0.05, 0.1) is 5.51 Å². The van der Waals surface area contributed by atoms with Crippen molar-refractivity contribution in [1.82, 2.24) is 4.98 Å². The van der Waals surface area contributed by atoms with Gasteiger partial charge in [0.1, 0.15) is 12.4 Å². The lowest BCUT2D eigenvalue weighted by Gasteiger charge is -2.07. The molecule has 120 valence electrons. The maximum Gasteiger partial charge on any atom is 0.248 e. The van der Waals surface area contributed by atoms with E-state index in [2.05, 4.69) is 10.3 Å². The van der Waals surface area contributed by atoms with Gasteiger partial charge in [0, 0.05) is 22.8 Å². The minimum absolute atomic E-state index is 0.170. The van der Waals surface area contributed by atoms with Gasteiger partial charge in [0.25, 0.3) is 0 Å². The second kappa shape index (κ2) is 8.08. The molecule has 0 radical (unpaired) electrons. The first-order valence-corrected chi connectivity index (χ1v) is 8.32. The zero-order valence-corrected chi connectivity index (χ0v) is 13.7. The summed E-state index contributed by atoms with van der Waals surface area (Å²) in [5, 5.41) is 2.82. The Morgan fingerprint density at radius 1 is 1.12 bits per heavy atom. The van der Waals surface area contributed by atoms with E-state index in [-0.39, 0.29) is 5.91 Å². The Hall–Kier alpha value is -2.92. The molecule has 2 aromatic carbocycles. The number of nitrogens with zero attached hydrogens (tertiary/aromatic N) is 1. The zero-order valence-electron chi connectivity index (χ0n) is 12.9. The van der Waals surface area contributed by atoms with Gasteiger partial charge in [-0.2, -0.15) is 0 Å². The molecule has 1 amide bonds. The summed E-state index contributed by atoms with van der Waals surface area (Å²) in [4.78, 5) is 16.8. The van der Waals surface area contributed by atoms with Crippen LogP contribution < -0.4 is 10.1 Å². The van der Waals surface area contributed by atoms with Crippen LogP contribution in [-0.2, 0) is 11.4 Å². The molecule has 1 aromatic heterocycles. The van der Waals surface area contributed by atoms with Gasteiger partial charge in [-0.05, 0) is 35.9 Å². The molecular formula is C19H16N2O2S. The molecule has 0 spiro atoms. The van der Waals surface area contributed by atoms with Crippen molar-refractivity contribution >= 4 is 29.0 Å². The predicted octanol–water partition coefficient (Wildman–Crippen LogP) is 4.37. The van der Waals surface area contributed by atoms with E-state index in [0.717, 1.165) is 21.9 Å². The highest BCUT2D eigenvalue weighted by Gasteiger charge is 2.00. The number of amides is 1. The topological polar surface area (TPSA) is 51.2 Å². The third-order valence-corrected chi connectivity index (χ3v) is 3.96. The van der Waals surface area contributed by atoms with Crippen molar-refractivity contribution in [2.45, 2.75) is 6.61 Å². The molecular weight excluding hydrogens is 320 g/mol. The molecule has 3 rings (SSSR count). The Morgan fingerprint density at radius 3 is 2.62 bits per heavy atom. The Bertz CT molecular complexity index is 797. The van der Waals surface area contributed by atoms with E-state index in [1.807, 2.05) is 54.6 Å². The summed E-state index contributed by atoms with van der Waals surface area (Å²) in [7, 11) is 0. The van der Waals surface area contributed by atoms with Gasteiger partial charge in [-0.3, -0.25) is 9.78 Å². The highest BCUT2D eigenvalue weighted by molar-refractivity contribution is 7.10. The lowest BCUT2D eigenvalue weighted by Crippen LogP contribution is -2.07. The minimum atomic E-state index is -0.170. The number of rotatable bonds is 6. The van der Waals surface area contributed by atoms with Crippen LogP contribution in [0, 0.1) is 0 Å². The Kier molecular flexibility index (Phi) is 5.37. The van der Waals surface area contributed by atoms with Crippen molar-refractivity contribution < 1.29 is 9.53 Å². The van der Waals surface area contributed by atoms with Crippen LogP contribution in [0.4, 0.5) is 5.69 Å². The molecule has 0 aliphatic heterocycles. The van der Waals surface area contributed by atoms with Gasteiger partial charge in [-0.25, -0.2) is 0 Å². The molecule has 0 aliphatic carbocycles. The average Bonchev–Trinajstić information content (AvgIpc) is 3.14. The molecule has 24 heavy (non-hydrogen) atoms. The maximum absolute atomic E-state index is 11.9. The molecule has 4 nitrogen and oxygen atoms in total. The number of carbonyl (C=O) groups excluding carboxylic acids is 1. The van der Waals surface area contributed by atoms with Crippen molar-refractivity contribution in [2.75, 3.05) is 5.32 Å². The standard InChI is InChI=1S/C19H16N2O2S/c22-19(11-10-18-12-20-14-24-18)21-16-8-6-15(7-9-16)13-23-17-4-2-1-3-5-17/h1-12,14H,13H2,(H,21,22)/b11-10+.